The maximum Gasteiger partial charge on any atom is 0.260 e. The van der Waals surface area contributed by atoms with E-state index in [1.807, 2.05) is 36.1 Å². The Morgan fingerprint density at radius 1 is 1.21 bits per heavy atom. The lowest BCUT2D eigenvalue weighted by Gasteiger charge is -2.32. The van der Waals surface area contributed by atoms with Gasteiger partial charge >= 0.3 is 0 Å². The summed E-state index contributed by atoms with van der Waals surface area (Å²) >= 11 is 0. The van der Waals surface area contributed by atoms with Gasteiger partial charge in [0.1, 0.15) is 0 Å². The molecule has 6 heteroatoms. The molecule has 1 atom stereocenters. The molecule has 1 aromatic carbocycles. The van der Waals surface area contributed by atoms with Crippen LogP contribution >= 0.6 is 0 Å². The molecule has 0 bridgehead atoms. The van der Waals surface area contributed by atoms with E-state index in [0.29, 0.717) is 18.9 Å². The zero-order valence-electron chi connectivity index (χ0n) is 13.8. The summed E-state index contributed by atoms with van der Waals surface area (Å²) in [6, 6.07) is 9.91. The van der Waals surface area contributed by atoms with E-state index >= 15 is 0 Å². The Kier molecular flexibility index (Phi) is 5.04. The lowest BCUT2D eigenvalue weighted by Crippen LogP contribution is -2.41. The lowest BCUT2D eigenvalue weighted by molar-refractivity contribution is -0.0661. The molecule has 1 fully saturated rings. The van der Waals surface area contributed by atoms with E-state index in [1.165, 1.54) is 0 Å². The van der Waals surface area contributed by atoms with Crippen molar-refractivity contribution in [3.05, 3.63) is 53.9 Å². The van der Waals surface area contributed by atoms with Crippen LogP contribution in [0.1, 0.15) is 36.9 Å². The summed E-state index contributed by atoms with van der Waals surface area (Å²) in [6.07, 6.45) is 3.95. The average molecular weight is 332 g/mol. The number of likely N-dealkylation sites (tertiary alicyclic amines) is 1. The number of benzene rings is 1. The van der Waals surface area contributed by atoms with Crippen molar-refractivity contribution in [3.8, 4) is 0 Å². The molecule has 0 spiro atoms. The summed E-state index contributed by atoms with van der Waals surface area (Å²) in [5.41, 5.74) is 2.16. The van der Waals surface area contributed by atoms with Crippen LogP contribution in [-0.2, 0) is 6.54 Å². The second kappa shape index (κ2) is 7.21. The van der Waals surface area contributed by atoms with E-state index in [-0.39, 0.29) is 19.0 Å². The topological polar surface area (TPSA) is 41.1 Å². The Morgan fingerprint density at radius 2 is 1.92 bits per heavy atom. The molecule has 1 saturated heterocycles. The first-order valence-corrected chi connectivity index (χ1v) is 8.24. The Labute approximate surface area is 140 Å². The van der Waals surface area contributed by atoms with Crippen molar-refractivity contribution in [1.82, 2.24) is 14.9 Å². The Hall–Kier alpha value is -2.08. The fraction of sp³-hybridized carbons (Fsp3) is 0.444. The van der Waals surface area contributed by atoms with Crippen LogP contribution in [0.3, 0.4) is 0 Å². The molecule has 2 heterocycles. The van der Waals surface area contributed by atoms with E-state index in [0.717, 1.165) is 17.7 Å². The van der Waals surface area contributed by atoms with Crippen molar-refractivity contribution in [3.63, 3.8) is 0 Å². The molecule has 128 valence electrons. The standard InChI is InChI=1S/C18H22F2N4/c1-14(23-17-21-9-3-10-22-17)16-6-4-15(5-7-16)12-24-11-2-8-18(19,20)13-24/h3-7,9-10,14H,2,8,11-13H2,1H3,(H,21,22,23)/t14-/m0/s1. The highest BCUT2D eigenvalue weighted by Gasteiger charge is 2.34. The van der Waals surface area contributed by atoms with Crippen molar-refractivity contribution < 1.29 is 8.78 Å². The predicted octanol–water partition coefficient (Wildman–Crippen LogP) is 3.88. The number of alkyl halides is 2. The number of hydrogen-bond donors (Lipinski definition) is 1. The van der Waals surface area contributed by atoms with Gasteiger partial charge in [-0.05, 0) is 37.1 Å². The Bertz CT molecular complexity index is 646. The third-order valence-electron chi connectivity index (χ3n) is 4.27. The molecule has 0 radical (unpaired) electrons. The molecule has 0 amide bonds. The quantitative estimate of drug-likeness (QED) is 0.902. The molecule has 24 heavy (non-hydrogen) atoms. The number of aromatic nitrogens is 2. The van der Waals surface area contributed by atoms with Crippen molar-refractivity contribution in [2.24, 2.45) is 0 Å². The minimum atomic E-state index is -2.55. The lowest BCUT2D eigenvalue weighted by atomic mass is 10.0. The Morgan fingerprint density at radius 3 is 2.58 bits per heavy atom. The van der Waals surface area contributed by atoms with E-state index < -0.39 is 5.92 Å². The fourth-order valence-corrected chi connectivity index (χ4v) is 3.00. The van der Waals surface area contributed by atoms with Gasteiger partial charge in [0.05, 0.1) is 12.6 Å². The maximum atomic E-state index is 13.5. The molecular formula is C18H22F2N4. The molecule has 1 N–H and O–H groups in total. The molecule has 0 saturated carbocycles. The number of nitrogens with one attached hydrogen (secondary N) is 1. The first kappa shape index (κ1) is 16.8. The third-order valence-corrected chi connectivity index (χ3v) is 4.27. The fourth-order valence-electron chi connectivity index (χ4n) is 3.00. The molecule has 4 nitrogen and oxygen atoms in total. The zero-order valence-corrected chi connectivity index (χ0v) is 13.8. The second-order valence-corrected chi connectivity index (χ2v) is 6.35. The number of rotatable bonds is 5. The maximum absolute atomic E-state index is 13.5. The smallest absolute Gasteiger partial charge is 0.260 e. The molecule has 1 aliphatic heterocycles. The van der Waals surface area contributed by atoms with Crippen LogP contribution in [0.2, 0.25) is 0 Å². The second-order valence-electron chi connectivity index (χ2n) is 6.35. The Balaban J connectivity index is 1.59. The van der Waals surface area contributed by atoms with Crippen molar-refractivity contribution in [2.45, 2.75) is 38.3 Å². The molecular weight excluding hydrogens is 310 g/mol. The first-order valence-electron chi connectivity index (χ1n) is 8.24. The molecule has 2 aromatic rings. The highest BCUT2D eigenvalue weighted by Crippen LogP contribution is 2.27. The van der Waals surface area contributed by atoms with Gasteiger partial charge in [-0.1, -0.05) is 24.3 Å². The molecule has 0 unspecified atom stereocenters. The van der Waals surface area contributed by atoms with Crippen LogP contribution < -0.4 is 5.32 Å². The van der Waals surface area contributed by atoms with Crippen LogP contribution in [-0.4, -0.2) is 33.9 Å². The number of piperidine rings is 1. The summed E-state index contributed by atoms with van der Waals surface area (Å²) < 4.78 is 26.9. The van der Waals surface area contributed by atoms with Crippen LogP contribution in [0.15, 0.2) is 42.7 Å². The normalized spacial score (nSPS) is 19.0. The van der Waals surface area contributed by atoms with Gasteiger partial charge in [0.25, 0.3) is 5.92 Å². The van der Waals surface area contributed by atoms with Gasteiger partial charge in [0.15, 0.2) is 0 Å². The number of nitrogens with zero attached hydrogens (tertiary/aromatic N) is 3. The van der Waals surface area contributed by atoms with Crippen molar-refractivity contribution >= 4 is 5.95 Å². The predicted molar refractivity (Wildman–Crippen MR) is 90.0 cm³/mol. The van der Waals surface area contributed by atoms with Crippen molar-refractivity contribution in [2.75, 3.05) is 18.4 Å². The number of hydrogen-bond acceptors (Lipinski definition) is 4. The molecule has 1 aromatic heterocycles. The summed E-state index contributed by atoms with van der Waals surface area (Å²) in [5, 5.41) is 3.24. The van der Waals surface area contributed by atoms with Crippen LogP contribution in [0.5, 0.6) is 0 Å². The van der Waals surface area contributed by atoms with Crippen LogP contribution in [0.4, 0.5) is 14.7 Å². The summed E-state index contributed by atoms with van der Waals surface area (Å²) in [4.78, 5) is 10.1. The molecule has 3 rings (SSSR count). The van der Waals surface area contributed by atoms with Gasteiger partial charge in [0, 0.05) is 25.4 Å². The number of anilines is 1. The molecule has 0 aliphatic carbocycles. The van der Waals surface area contributed by atoms with E-state index in [1.54, 1.807) is 18.5 Å². The number of halogens is 2. The van der Waals surface area contributed by atoms with E-state index in [9.17, 15) is 8.78 Å². The average Bonchev–Trinajstić information content (AvgIpc) is 2.55. The summed E-state index contributed by atoms with van der Waals surface area (Å²) in [7, 11) is 0. The summed E-state index contributed by atoms with van der Waals surface area (Å²) in [5.74, 6) is -1.96. The van der Waals surface area contributed by atoms with Gasteiger partial charge < -0.3 is 5.32 Å². The van der Waals surface area contributed by atoms with Gasteiger partial charge in [0.2, 0.25) is 5.95 Å². The van der Waals surface area contributed by atoms with E-state index in [2.05, 4.69) is 15.3 Å². The minimum Gasteiger partial charge on any atom is -0.348 e. The first-order chi connectivity index (χ1) is 11.5. The summed E-state index contributed by atoms with van der Waals surface area (Å²) in [6.45, 7) is 3.20. The van der Waals surface area contributed by atoms with Crippen LogP contribution in [0, 0.1) is 0 Å². The van der Waals surface area contributed by atoms with Gasteiger partial charge in [-0.15, -0.1) is 0 Å². The highest BCUT2D eigenvalue weighted by molar-refractivity contribution is 5.32. The third kappa shape index (κ3) is 4.47. The SMILES string of the molecule is C[C@H](Nc1ncccn1)c1ccc(CN2CCCC(F)(F)C2)cc1. The van der Waals surface area contributed by atoms with Gasteiger partial charge in [-0.2, -0.15) is 0 Å². The van der Waals surface area contributed by atoms with Gasteiger partial charge in [-0.25, -0.2) is 18.7 Å². The van der Waals surface area contributed by atoms with Gasteiger partial charge in [-0.3, -0.25) is 4.90 Å². The molecule has 1 aliphatic rings. The van der Waals surface area contributed by atoms with Crippen molar-refractivity contribution in [1.29, 1.82) is 0 Å². The minimum absolute atomic E-state index is 0.00712. The zero-order chi connectivity index (χ0) is 17.0. The highest BCUT2D eigenvalue weighted by atomic mass is 19.3. The van der Waals surface area contributed by atoms with E-state index in [4.69, 9.17) is 0 Å². The monoisotopic (exact) mass is 332 g/mol. The largest absolute Gasteiger partial charge is 0.348 e. The van der Waals surface area contributed by atoms with Crippen LogP contribution in [0.25, 0.3) is 0 Å².